The number of ether oxygens (including phenoxy) is 1. The Bertz CT molecular complexity index is 901. The van der Waals surface area contributed by atoms with Gasteiger partial charge in [-0.3, -0.25) is 5.73 Å². The van der Waals surface area contributed by atoms with E-state index in [4.69, 9.17) is 10.5 Å². The Morgan fingerprint density at radius 3 is 2.41 bits per heavy atom. The third-order valence-corrected chi connectivity index (χ3v) is 5.44. The van der Waals surface area contributed by atoms with Gasteiger partial charge in [-0.2, -0.15) is 5.26 Å². The number of aliphatic hydroxyl groups is 2. The molecule has 2 aromatic carbocycles. The molecule has 0 saturated carbocycles. The predicted molar refractivity (Wildman–Crippen MR) is 98.5 cm³/mol. The summed E-state index contributed by atoms with van der Waals surface area (Å²) >= 11 is 0. The molecule has 0 saturated heterocycles. The van der Waals surface area contributed by atoms with Gasteiger partial charge in [0, 0.05) is 5.56 Å². The van der Waals surface area contributed by atoms with E-state index in [1.165, 1.54) is 12.1 Å². The summed E-state index contributed by atoms with van der Waals surface area (Å²) in [6.45, 7) is 4.92. The summed E-state index contributed by atoms with van der Waals surface area (Å²) in [7, 11) is 0. The number of benzene rings is 2. The van der Waals surface area contributed by atoms with Crippen molar-refractivity contribution < 1.29 is 19.3 Å². The number of fused-ring (bicyclic) bond motifs is 1. The highest BCUT2D eigenvalue weighted by Crippen LogP contribution is 2.55. The average Bonchev–Trinajstić information content (AvgIpc) is 2.59. The van der Waals surface area contributed by atoms with Crippen molar-refractivity contribution in [1.82, 2.24) is 0 Å². The van der Waals surface area contributed by atoms with Crippen LogP contribution in [0.5, 0.6) is 5.75 Å². The number of nitrogens with two attached hydrogens (primary N) is 1. The first kappa shape index (κ1) is 19.3. The Hall–Kier alpha value is -2.46. The minimum Gasteiger partial charge on any atom is -0.483 e. The standard InChI is InChI=1S/C21H23FN2O3/c1-13(25)11-20(15-5-7-16(22)8-6-15)17-10-14(12-23)4-9-18(17)27-19(2,3)21(20,24)26/h4-10,13,25-26H,11,24H2,1-3H3/t13?,20?,21-/m0/s1. The third kappa shape index (κ3) is 2.79. The van der Waals surface area contributed by atoms with Crippen LogP contribution in [0.1, 0.15) is 43.9 Å². The van der Waals surface area contributed by atoms with Gasteiger partial charge in [0.05, 0.1) is 23.2 Å². The molecule has 0 fully saturated rings. The van der Waals surface area contributed by atoms with Crippen molar-refractivity contribution in [2.24, 2.45) is 5.73 Å². The molecule has 142 valence electrons. The maximum Gasteiger partial charge on any atom is 0.167 e. The van der Waals surface area contributed by atoms with Crippen LogP contribution in [-0.2, 0) is 5.41 Å². The van der Waals surface area contributed by atoms with Gasteiger partial charge >= 0.3 is 0 Å². The van der Waals surface area contributed by atoms with Gasteiger partial charge in [0.1, 0.15) is 17.2 Å². The molecule has 5 nitrogen and oxygen atoms in total. The molecule has 0 aliphatic carbocycles. The van der Waals surface area contributed by atoms with Gasteiger partial charge in [-0.15, -0.1) is 0 Å². The van der Waals surface area contributed by atoms with Crippen LogP contribution in [0, 0.1) is 17.1 Å². The van der Waals surface area contributed by atoms with Crippen LogP contribution in [0.3, 0.4) is 0 Å². The topological polar surface area (TPSA) is 99.5 Å². The zero-order chi connectivity index (χ0) is 20.0. The lowest BCUT2D eigenvalue weighted by Gasteiger charge is -2.57. The Kier molecular flexibility index (Phi) is 4.51. The molecule has 3 atom stereocenters. The summed E-state index contributed by atoms with van der Waals surface area (Å²) in [5, 5.41) is 31.2. The summed E-state index contributed by atoms with van der Waals surface area (Å²) in [4.78, 5) is 0. The van der Waals surface area contributed by atoms with Gasteiger partial charge in [-0.05, 0) is 63.1 Å². The van der Waals surface area contributed by atoms with E-state index in [-0.39, 0.29) is 6.42 Å². The number of hydrogen-bond donors (Lipinski definition) is 3. The molecule has 0 amide bonds. The molecule has 0 aromatic heterocycles. The molecule has 2 unspecified atom stereocenters. The van der Waals surface area contributed by atoms with Crippen molar-refractivity contribution in [3.63, 3.8) is 0 Å². The van der Waals surface area contributed by atoms with Crippen molar-refractivity contribution >= 4 is 0 Å². The quantitative estimate of drug-likeness (QED) is 0.721. The van der Waals surface area contributed by atoms with E-state index in [0.29, 0.717) is 22.4 Å². The summed E-state index contributed by atoms with van der Waals surface area (Å²) < 4.78 is 19.6. The summed E-state index contributed by atoms with van der Waals surface area (Å²) in [5.41, 5.74) is 3.37. The lowest BCUT2D eigenvalue weighted by atomic mass is 9.58. The summed E-state index contributed by atoms with van der Waals surface area (Å²) in [5.74, 6) is 0.0305. The van der Waals surface area contributed by atoms with Crippen LogP contribution in [0.25, 0.3) is 0 Å². The van der Waals surface area contributed by atoms with E-state index in [1.54, 1.807) is 51.1 Å². The monoisotopic (exact) mass is 370 g/mol. The molecule has 1 aliphatic heterocycles. The van der Waals surface area contributed by atoms with E-state index in [0.717, 1.165) is 0 Å². The molecule has 27 heavy (non-hydrogen) atoms. The SMILES string of the molecule is CC(O)CC1(c2ccc(F)cc2)c2cc(C#N)ccc2OC(C)(C)[C@]1(N)O. The molecule has 3 rings (SSSR count). The normalized spacial score (nSPS) is 27.2. The van der Waals surface area contributed by atoms with E-state index in [2.05, 4.69) is 6.07 Å². The van der Waals surface area contributed by atoms with Gasteiger partial charge in [0.25, 0.3) is 0 Å². The molecule has 0 spiro atoms. The Balaban J connectivity index is 2.44. The van der Waals surface area contributed by atoms with Gasteiger partial charge in [0.15, 0.2) is 5.72 Å². The Morgan fingerprint density at radius 2 is 1.85 bits per heavy atom. The van der Waals surface area contributed by atoms with Crippen molar-refractivity contribution in [3.05, 3.63) is 65.0 Å². The second-order valence-electron chi connectivity index (χ2n) is 7.67. The van der Waals surface area contributed by atoms with E-state index in [9.17, 15) is 19.9 Å². The van der Waals surface area contributed by atoms with Crippen LogP contribution in [0.4, 0.5) is 4.39 Å². The van der Waals surface area contributed by atoms with E-state index in [1.807, 2.05) is 0 Å². The fraction of sp³-hybridized carbons (Fsp3) is 0.381. The van der Waals surface area contributed by atoms with Crippen LogP contribution in [-0.4, -0.2) is 27.6 Å². The van der Waals surface area contributed by atoms with Crippen LogP contribution in [0.15, 0.2) is 42.5 Å². The minimum absolute atomic E-state index is 0.0559. The van der Waals surface area contributed by atoms with Gasteiger partial charge < -0.3 is 14.9 Å². The Morgan fingerprint density at radius 1 is 1.22 bits per heavy atom. The number of nitriles is 1. The van der Waals surface area contributed by atoms with E-state index >= 15 is 0 Å². The molecular formula is C21H23FN2O3. The first-order chi connectivity index (χ1) is 12.5. The molecule has 0 bridgehead atoms. The van der Waals surface area contributed by atoms with Gasteiger partial charge in [0.2, 0.25) is 0 Å². The number of nitrogens with zero attached hydrogens (tertiary/aromatic N) is 1. The Labute approximate surface area is 157 Å². The zero-order valence-electron chi connectivity index (χ0n) is 15.5. The fourth-order valence-electron chi connectivity index (χ4n) is 4.03. The fourth-order valence-corrected chi connectivity index (χ4v) is 4.03. The molecule has 4 N–H and O–H groups in total. The number of hydrogen-bond acceptors (Lipinski definition) is 5. The number of aliphatic hydroxyl groups excluding tert-OH is 1. The van der Waals surface area contributed by atoms with Crippen molar-refractivity contribution in [2.75, 3.05) is 0 Å². The first-order valence-electron chi connectivity index (χ1n) is 8.74. The van der Waals surface area contributed by atoms with Gasteiger partial charge in [-0.1, -0.05) is 12.1 Å². The van der Waals surface area contributed by atoms with E-state index < -0.39 is 28.7 Å². The number of rotatable bonds is 3. The molecule has 1 heterocycles. The lowest BCUT2D eigenvalue weighted by molar-refractivity contribution is -0.170. The minimum atomic E-state index is -1.96. The maximum atomic E-state index is 13.6. The lowest BCUT2D eigenvalue weighted by Crippen LogP contribution is -2.74. The smallest absolute Gasteiger partial charge is 0.167 e. The predicted octanol–water partition coefficient (Wildman–Crippen LogP) is 2.57. The van der Waals surface area contributed by atoms with Crippen molar-refractivity contribution in [3.8, 4) is 11.8 Å². The second-order valence-corrected chi connectivity index (χ2v) is 7.67. The van der Waals surface area contributed by atoms with Crippen LogP contribution < -0.4 is 10.5 Å². The van der Waals surface area contributed by atoms with Crippen molar-refractivity contribution in [2.45, 2.75) is 50.0 Å². The third-order valence-electron chi connectivity index (χ3n) is 5.44. The van der Waals surface area contributed by atoms with Crippen LogP contribution >= 0.6 is 0 Å². The zero-order valence-corrected chi connectivity index (χ0v) is 15.5. The summed E-state index contributed by atoms with van der Waals surface area (Å²) in [6.07, 6.45) is -0.780. The molecular weight excluding hydrogens is 347 g/mol. The highest BCUT2D eigenvalue weighted by atomic mass is 19.1. The highest BCUT2D eigenvalue weighted by molar-refractivity contribution is 5.56. The van der Waals surface area contributed by atoms with Crippen LogP contribution in [0.2, 0.25) is 0 Å². The summed E-state index contributed by atoms with van der Waals surface area (Å²) in [6, 6.07) is 12.6. The largest absolute Gasteiger partial charge is 0.483 e. The van der Waals surface area contributed by atoms with Crippen molar-refractivity contribution in [1.29, 1.82) is 5.26 Å². The molecule has 2 aromatic rings. The van der Waals surface area contributed by atoms with Gasteiger partial charge in [-0.25, -0.2) is 4.39 Å². The highest BCUT2D eigenvalue weighted by Gasteiger charge is 2.63. The molecule has 1 aliphatic rings. The maximum absolute atomic E-state index is 13.6. The average molecular weight is 370 g/mol. The second kappa shape index (κ2) is 6.31. The molecule has 0 radical (unpaired) electrons. The number of halogens is 1. The molecule has 6 heteroatoms. The first-order valence-corrected chi connectivity index (χ1v) is 8.74.